The lowest BCUT2D eigenvalue weighted by atomic mass is 9.73. The summed E-state index contributed by atoms with van der Waals surface area (Å²) in [5, 5.41) is 23.1. The molecule has 4 aliphatic rings. The highest BCUT2D eigenvalue weighted by Crippen LogP contribution is 2.47. The number of hydrogen-bond acceptors (Lipinski definition) is 8. The zero-order chi connectivity index (χ0) is 27.7. The summed E-state index contributed by atoms with van der Waals surface area (Å²) in [5.74, 6) is 2.96. The maximum atomic E-state index is 11.2. The molecule has 10 nitrogen and oxygen atoms in total. The molecule has 0 aromatic carbocycles. The summed E-state index contributed by atoms with van der Waals surface area (Å²) < 4.78 is 0. The summed E-state index contributed by atoms with van der Waals surface area (Å²) in [7, 11) is 0. The van der Waals surface area contributed by atoms with E-state index in [0.717, 1.165) is 31.9 Å². The van der Waals surface area contributed by atoms with Crippen LogP contribution in [0.2, 0.25) is 0 Å². The molecule has 1 saturated heterocycles. The molecule has 212 valence electrons. The van der Waals surface area contributed by atoms with Crippen LogP contribution in [0.5, 0.6) is 0 Å². The van der Waals surface area contributed by atoms with Gasteiger partial charge in [-0.2, -0.15) is 0 Å². The van der Waals surface area contributed by atoms with Crippen molar-refractivity contribution in [3.63, 3.8) is 0 Å². The lowest BCUT2D eigenvalue weighted by Gasteiger charge is -2.52. The second-order valence-corrected chi connectivity index (χ2v) is 12.0. The standard InChI is InChI=1S/C29H44N8O2/c1-5-6-8-19-13-22-17(2)11-12-21-15-37(16-36(14-19)23(21)22)24-26(31-4)34-28(25(30)33-29(38)39)35-27(24)32-18(3)20-9-7-10-20/h17-21H,4-16H2,1-3H3,(H2,30,33)(H,38,39)(H,32,34,35)/t17-,18-,19?,21?/m1/s1. The molecule has 10 heteroatoms. The van der Waals surface area contributed by atoms with Gasteiger partial charge in [-0.1, -0.05) is 33.1 Å². The number of unbranched alkanes of at least 4 members (excludes halogenated alkanes) is 1. The molecule has 4 N–H and O–H groups in total. The molecule has 3 heterocycles. The lowest BCUT2D eigenvalue weighted by molar-refractivity contribution is 0.163. The van der Waals surface area contributed by atoms with Crippen molar-refractivity contribution in [1.29, 1.82) is 5.41 Å². The average molecular weight is 537 g/mol. The predicted molar refractivity (Wildman–Crippen MR) is 155 cm³/mol. The van der Waals surface area contributed by atoms with Gasteiger partial charge in [0.05, 0.1) is 6.67 Å². The Morgan fingerprint density at radius 3 is 2.69 bits per heavy atom. The van der Waals surface area contributed by atoms with Crippen molar-refractivity contribution in [2.75, 3.05) is 30.0 Å². The summed E-state index contributed by atoms with van der Waals surface area (Å²) >= 11 is 0. The van der Waals surface area contributed by atoms with Crippen LogP contribution in [0.1, 0.15) is 84.4 Å². The Morgan fingerprint density at radius 2 is 2.03 bits per heavy atom. The number of amides is 1. The molecule has 4 atom stereocenters. The Hall–Kier alpha value is -3.17. The number of nitrogens with one attached hydrogen (secondary N) is 3. The molecule has 0 bridgehead atoms. The average Bonchev–Trinajstić information content (AvgIpc) is 2.87. The molecule has 0 spiro atoms. The van der Waals surface area contributed by atoms with E-state index >= 15 is 0 Å². The van der Waals surface area contributed by atoms with Gasteiger partial charge >= 0.3 is 6.09 Å². The van der Waals surface area contributed by atoms with Crippen molar-refractivity contribution in [1.82, 2.24) is 20.2 Å². The van der Waals surface area contributed by atoms with E-state index in [1.807, 2.05) is 0 Å². The Balaban J connectivity index is 1.51. The van der Waals surface area contributed by atoms with E-state index in [2.05, 4.69) is 57.9 Å². The zero-order valence-electron chi connectivity index (χ0n) is 23.7. The van der Waals surface area contributed by atoms with Crippen molar-refractivity contribution < 1.29 is 9.90 Å². The van der Waals surface area contributed by atoms with Gasteiger partial charge in [0.15, 0.2) is 23.3 Å². The number of aliphatic imine (C=N–C) groups is 1. The van der Waals surface area contributed by atoms with Crippen LogP contribution < -0.4 is 15.5 Å². The maximum absolute atomic E-state index is 11.2. The quantitative estimate of drug-likeness (QED) is 0.239. The first kappa shape index (κ1) is 27.4. The third kappa shape index (κ3) is 5.61. The topological polar surface area (TPSA) is 130 Å². The number of nitrogens with zero attached hydrogens (tertiary/aromatic N) is 5. The normalized spacial score (nSPS) is 25.5. The fraction of sp³-hybridized carbons (Fsp3) is 0.690. The van der Waals surface area contributed by atoms with Gasteiger partial charge in [0.25, 0.3) is 0 Å². The van der Waals surface area contributed by atoms with Crippen LogP contribution in [-0.2, 0) is 0 Å². The lowest BCUT2D eigenvalue weighted by Crippen LogP contribution is -2.53. The zero-order valence-corrected chi connectivity index (χ0v) is 23.7. The second kappa shape index (κ2) is 11.5. The Labute approximate surface area is 231 Å². The number of carboxylic acid groups (broad SMARTS) is 1. The Kier molecular flexibility index (Phi) is 8.09. The second-order valence-electron chi connectivity index (χ2n) is 12.0. The highest BCUT2D eigenvalue weighted by atomic mass is 16.4. The van der Waals surface area contributed by atoms with Gasteiger partial charge in [0, 0.05) is 30.7 Å². The van der Waals surface area contributed by atoms with Crippen molar-refractivity contribution in [3.05, 3.63) is 17.1 Å². The molecular formula is C29H44N8O2. The van der Waals surface area contributed by atoms with Gasteiger partial charge in [-0.3, -0.25) is 10.7 Å². The van der Waals surface area contributed by atoms with Gasteiger partial charge in [0.2, 0.25) is 0 Å². The van der Waals surface area contributed by atoms with E-state index in [4.69, 9.17) is 15.5 Å². The summed E-state index contributed by atoms with van der Waals surface area (Å²) in [5.41, 5.74) is 4.06. The third-order valence-corrected chi connectivity index (χ3v) is 9.34. The molecule has 2 aliphatic heterocycles. The maximum Gasteiger partial charge on any atom is 0.410 e. The van der Waals surface area contributed by atoms with Crippen molar-refractivity contribution in [2.45, 2.75) is 84.6 Å². The van der Waals surface area contributed by atoms with E-state index in [0.29, 0.717) is 35.3 Å². The van der Waals surface area contributed by atoms with Crippen LogP contribution in [0.15, 0.2) is 16.3 Å². The summed E-state index contributed by atoms with van der Waals surface area (Å²) in [4.78, 5) is 29.7. The van der Waals surface area contributed by atoms with Crippen LogP contribution in [-0.4, -0.2) is 64.4 Å². The van der Waals surface area contributed by atoms with Gasteiger partial charge in [-0.05, 0) is 75.5 Å². The smallest absolute Gasteiger partial charge is 0.410 e. The number of anilines is 2. The molecule has 1 amide bonds. The minimum atomic E-state index is -1.32. The van der Waals surface area contributed by atoms with Crippen LogP contribution in [0.3, 0.4) is 0 Å². The number of rotatable bonds is 9. The van der Waals surface area contributed by atoms with E-state index in [1.54, 1.807) is 11.3 Å². The summed E-state index contributed by atoms with van der Waals surface area (Å²) in [6.45, 7) is 13.3. The van der Waals surface area contributed by atoms with Crippen molar-refractivity contribution >= 4 is 36.0 Å². The molecule has 0 radical (unpaired) electrons. The predicted octanol–water partition coefficient (Wildman–Crippen LogP) is 5.59. The van der Waals surface area contributed by atoms with Crippen molar-refractivity contribution in [3.8, 4) is 0 Å². The molecule has 2 unspecified atom stereocenters. The fourth-order valence-electron chi connectivity index (χ4n) is 7.01. The Morgan fingerprint density at radius 1 is 1.23 bits per heavy atom. The highest BCUT2D eigenvalue weighted by Gasteiger charge is 2.41. The van der Waals surface area contributed by atoms with Crippen LogP contribution in [0.4, 0.5) is 22.1 Å². The summed E-state index contributed by atoms with van der Waals surface area (Å²) in [6, 6.07) is 0.190. The third-order valence-electron chi connectivity index (χ3n) is 9.34. The first-order chi connectivity index (χ1) is 18.8. The highest BCUT2D eigenvalue weighted by molar-refractivity contribution is 6.02. The van der Waals surface area contributed by atoms with E-state index in [9.17, 15) is 4.79 Å². The van der Waals surface area contributed by atoms with Gasteiger partial charge in [-0.15, -0.1) is 0 Å². The molecule has 2 aliphatic carbocycles. The Bertz CT molecular complexity index is 1150. The molecule has 5 rings (SSSR count). The number of allylic oxidation sites excluding steroid dienone is 1. The number of hydrogen-bond donors (Lipinski definition) is 4. The number of aromatic nitrogens is 2. The SMILES string of the molecule is C=Nc1nc(C(=N)NC(=O)O)nc(N[C@H](C)C2CCC2)c1N1CC2CC[C@@H](C)C3=C2N(CC(CCCC)C3)C1. The monoisotopic (exact) mass is 536 g/mol. The summed E-state index contributed by atoms with van der Waals surface area (Å²) in [6.07, 6.45) is 9.66. The van der Waals surface area contributed by atoms with Gasteiger partial charge in [-0.25, -0.2) is 19.8 Å². The van der Waals surface area contributed by atoms with E-state index < -0.39 is 6.09 Å². The molecule has 39 heavy (non-hydrogen) atoms. The van der Waals surface area contributed by atoms with Crippen LogP contribution >= 0.6 is 0 Å². The molecule has 1 aromatic heterocycles. The first-order valence-electron chi connectivity index (χ1n) is 14.8. The fourth-order valence-corrected chi connectivity index (χ4v) is 7.01. The minimum Gasteiger partial charge on any atom is -0.465 e. The minimum absolute atomic E-state index is 0.00386. The molecular weight excluding hydrogens is 492 g/mol. The van der Waals surface area contributed by atoms with Crippen LogP contribution in [0, 0.1) is 29.1 Å². The molecule has 1 aromatic rings. The van der Waals surface area contributed by atoms with Crippen LogP contribution in [0.25, 0.3) is 0 Å². The molecule has 2 fully saturated rings. The van der Waals surface area contributed by atoms with Gasteiger partial charge < -0.3 is 20.2 Å². The number of amidine groups is 1. The van der Waals surface area contributed by atoms with Gasteiger partial charge in [0.1, 0.15) is 5.69 Å². The number of carbonyl (C=O) groups is 1. The van der Waals surface area contributed by atoms with E-state index in [-0.39, 0.29) is 17.7 Å². The van der Waals surface area contributed by atoms with E-state index in [1.165, 1.54) is 51.4 Å². The van der Waals surface area contributed by atoms with Crippen molar-refractivity contribution in [2.24, 2.45) is 28.7 Å². The largest absolute Gasteiger partial charge is 0.465 e. The first-order valence-corrected chi connectivity index (χ1v) is 14.8. The molecule has 1 saturated carbocycles.